The van der Waals surface area contributed by atoms with Crippen LogP contribution in [0.3, 0.4) is 0 Å². The lowest BCUT2D eigenvalue weighted by Gasteiger charge is -2.11. The maximum atomic E-state index is 5.94. The maximum absolute atomic E-state index is 5.94. The zero-order valence-electron chi connectivity index (χ0n) is 9.19. The molecule has 0 spiro atoms. The van der Waals surface area contributed by atoms with Crippen LogP contribution >= 0.6 is 27.5 Å². The zero-order chi connectivity index (χ0) is 11.3. The van der Waals surface area contributed by atoms with Crippen molar-refractivity contribution in [2.75, 3.05) is 6.54 Å². The largest absolute Gasteiger partial charge is 0.312 e. The highest BCUT2D eigenvalue weighted by molar-refractivity contribution is 9.10. The van der Waals surface area contributed by atoms with Crippen LogP contribution in [0.15, 0.2) is 22.7 Å². The molecule has 0 saturated carbocycles. The monoisotopic (exact) mass is 289 g/mol. The molecule has 0 fully saturated rings. The summed E-state index contributed by atoms with van der Waals surface area (Å²) in [4.78, 5) is 0. The molecule has 1 aromatic carbocycles. The topological polar surface area (TPSA) is 12.0 Å². The number of hydrogen-bond donors (Lipinski definition) is 1. The molecular weight excluding hydrogens is 273 g/mol. The second-order valence-corrected chi connectivity index (χ2v) is 5.17. The molecule has 0 bridgehead atoms. The second-order valence-electron chi connectivity index (χ2n) is 3.88. The summed E-state index contributed by atoms with van der Waals surface area (Å²) in [5, 5.41) is 4.22. The van der Waals surface area contributed by atoms with Crippen molar-refractivity contribution in [3.8, 4) is 0 Å². The molecule has 0 amide bonds. The smallest absolute Gasteiger partial charge is 0.0410 e. The van der Waals surface area contributed by atoms with E-state index in [2.05, 4.69) is 35.1 Å². The molecule has 0 aliphatic rings. The lowest BCUT2D eigenvalue weighted by atomic mass is 10.1. The van der Waals surface area contributed by atoms with Crippen LogP contribution in [-0.4, -0.2) is 6.54 Å². The highest BCUT2D eigenvalue weighted by Crippen LogP contribution is 2.20. The van der Waals surface area contributed by atoms with Crippen LogP contribution in [0.5, 0.6) is 0 Å². The summed E-state index contributed by atoms with van der Waals surface area (Å²) in [5.74, 6) is 0.725. The highest BCUT2D eigenvalue weighted by Gasteiger charge is 2.02. The normalized spacial score (nSPS) is 12.8. The third kappa shape index (κ3) is 4.54. The van der Waals surface area contributed by atoms with Gasteiger partial charge in [0.05, 0.1) is 0 Å². The quantitative estimate of drug-likeness (QED) is 0.855. The Balaban J connectivity index is 2.46. The first-order valence-corrected chi connectivity index (χ1v) is 6.45. The van der Waals surface area contributed by atoms with E-state index < -0.39 is 0 Å². The van der Waals surface area contributed by atoms with Crippen LogP contribution in [0.4, 0.5) is 0 Å². The zero-order valence-corrected chi connectivity index (χ0v) is 11.5. The van der Waals surface area contributed by atoms with Crippen LogP contribution in [0.25, 0.3) is 0 Å². The highest BCUT2D eigenvalue weighted by atomic mass is 79.9. The van der Waals surface area contributed by atoms with Gasteiger partial charge in [-0.05, 0) is 36.2 Å². The molecule has 1 aromatic rings. The average molecular weight is 291 g/mol. The van der Waals surface area contributed by atoms with Crippen molar-refractivity contribution < 1.29 is 0 Å². The van der Waals surface area contributed by atoms with Crippen molar-refractivity contribution in [2.45, 2.75) is 26.8 Å². The molecule has 84 valence electrons. The number of nitrogens with one attached hydrogen (secondary N) is 1. The van der Waals surface area contributed by atoms with Gasteiger partial charge in [-0.15, -0.1) is 0 Å². The van der Waals surface area contributed by atoms with Crippen molar-refractivity contribution in [1.29, 1.82) is 0 Å². The van der Waals surface area contributed by atoms with Crippen LogP contribution in [-0.2, 0) is 6.54 Å². The van der Waals surface area contributed by atoms with Gasteiger partial charge in [0.15, 0.2) is 0 Å². The van der Waals surface area contributed by atoms with Gasteiger partial charge < -0.3 is 5.32 Å². The second kappa shape index (κ2) is 6.51. The van der Waals surface area contributed by atoms with Crippen LogP contribution in [0.1, 0.15) is 25.8 Å². The Morgan fingerprint density at radius 2 is 2.20 bits per heavy atom. The molecular formula is C12H17BrClN. The maximum Gasteiger partial charge on any atom is 0.0410 e. The third-order valence-corrected chi connectivity index (χ3v) is 3.52. The summed E-state index contributed by atoms with van der Waals surface area (Å²) < 4.78 is 1.11. The van der Waals surface area contributed by atoms with Gasteiger partial charge in [0.2, 0.25) is 0 Å². The van der Waals surface area contributed by atoms with Crippen molar-refractivity contribution in [1.82, 2.24) is 5.32 Å². The van der Waals surface area contributed by atoms with Crippen molar-refractivity contribution >= 4 is 27.5 Å². The van der Waals surface area contributed by atoms with E-state index in [4.69, 9.17) is 11.6 Å². The van der Waals surface area contributed by atoms with E-state index in [9.17, 15) is 0 Å². The summed E-state index contributed by atoms with van der Waals surface area (Å²) in [6.07, 6.45) is 1.21. The third-order valence-electron chi connectivity index (χ3n) is 2.51. The Hall–Kier alpha value is -0.0500. The summed E-state index contributed by atoms with van der Waals surface area (Å²) in [7, 11) is 0. The van der Waals surface area contributed by atoms with Gasteiger partial charge >= 0.3 is 0 Å². The van der Waals surface area contributed by atoms with Gasteiger partial charge in [-0.25, -0.2) is 0 Å². The fraction of sp³-hybridized carbons (Fsp3) is 0.500. The molecule has 1 unspecified atom stereocenters. The predicted octanol–water partition coefficient (Wildman–Crippen LogP) is 4.24. The molecule has 0 heterocycles. The minimum atomic E-state index is 0.725. The number of hydrogen-bond acceptors (Lipinski definition) is 1. The molecule has 1 nitrogen and oxygen atoms in total. The number of halogens is 2. The van der Waals surface area contributed by atoms with Crippen molar-refractivity contribution in [3.63, 3.8) is 0 Å². The van der Waals surface area contributed by atoms with E-state index in [-0.39, 0.29) is 0 Å². The summed E-state index contributed by atoms with van der Waals surface area (Å²) in [6.45, 7) is 6.38. The first-order chi connectivity index (χ1) is 7.13. The Labute approximate surface area is 105 Å². The average Bonchev–Trinajstić information content (AvgIpc) is 2.23. The lowest BCUT2D eigenvalue weighted by molar-refractivity contribution is 0.499. The standard InChI is InChI=1S/C12H17BrClN/c1-3-9(2)7-15-8-10-6-11(14)4-5-12(10)13/h4-6,9,15H,3,7-8H2,1-2H3. The van der Waals surface area contributed by atoms with E-state index in [1.54, 1.807) is 0 Å². The molecule has 0 aliphatic heterocycles. The van der Waals surface area contributed by atoms with E-state index in [1.807, 2.05) is 18.2 Å². The van der Waals surface area contributed by atoms with Crippen molar-refractivity contribution in [2.24, 2.45) is 5.92 Å². The van der Waals surface area contributed by atoms with Crippen molar-refractivity contribution in [3.05, 3.63) is 33.3 Å². The van der Waals surface area contributed by atoms with Gasteiger partial charge in [-0.3, -0.25) is 0 Å². The fourth-order valence-corrected chi connectivity index (χ4v) is 1.86. The Bertz CT molecular complexity index is 314. The first kappa shape index (κ1) is 13.0. The molecule has 3 heteroatoms. The van der Waals surface area contributed by atoms with E-state index in [1.165, 1.54) is 12.0 Å². The number of benzene rings is 1. The SMILES string of the molecule is CCC(C)CNCc1cc(Cl)ccc1Br. The van der Waals surface area contributed by atoms with E-state index in [0.717, 1.165) is 28.5 Å². The molecule has 0 aliphatic carbocycles. The number of rotatable bonds is 5. The van der Waals surface area contributed by atoms with E-state index in [0.29, 0.717) is 0 Å². The summed E-state index contributed by atoms with van der Waals surface area (Å²) >= 11 is 9.45. The van der Waals surface area contributed by atoms with Gasteiger partial charge in [-0.2, -0.15) is 0 Å². The lowest BCUT2D eigenvalue weighted by Crippen LogP contribution is -2.20. The molecule has 1 N–H and O–H groups in total. The van der Waals surface area contributed by atoms with Gasteiger partial charge in [0.1, 0.15) is 0 Å². The molecule has 0 saturated heterocycles. The van der Waals surface area contributed by atoms with Crippen LogP contribution in [0, 0.1) is 5.92 Å². The minimum Gasteiger partial charge on any atom is -0.312 e. The first-order valence-electron chi connectivity index (χ1n) is 5.28. The Morgan fingerprint density at radius 1 is 1.47 bits per heavy atom. The summed E-state index contributed by atoms with van der Waals surface area (Å²) in [5.41, 5.74) is 1.21. The Kier molecular flexibility index (Phi) is 5.65. The molecule has 15 heavy (non-hydrogen) atoms. The van der Waals surface area contributed by atoms with Crippen LogP contribution < -0.4 is 5.32 Å². The fourth-order valence-electron chi connectivity index (χ4n) is 1.28. The van der Waals surface area contributed by atoms with E-state index >= 15 is 0 Å². The molecule has 1 rings (SSSR count). The van der Waals surface area contributed by atoms with Gasteiger partial charge in [0.25, 0.3) is 0 Å². The van der Waals surface area contributed by atoms with Crippen LogP contribution in [0.2, 0.25) is 5.02 Å². The summed E-state index contributed by atoms with van der Waals surface area (Å²) in [6, 6.07) is 5.88. The predicted molar refractivity (Wildman–Crippen MR) is 70.3 cm³/mol. The van der Waals surface area contributed by atoms with Gasteiger partial charge in [0, 0.05) is 16.0 Å². The minimum absolute atomic E-state index is 0.725. The Morgan fingerprint density at radius 3 is 2.87 bits per heavy atom. The molecule has 0 aromatic heterocycles. The molecule has 1 atom stereocenters. The van der Waals surface area contributed by atoms with Gasteiger partial charge in [-0.1, -0.05) is 47.8 Å². The molecule has 0 radical (unpaired) electrons.